The van der Waals surface area contributed by atoms with Crippen LogP contribution in [-0.4, -0.2) is 43.2 Å². The first kappa shape index (κ1) is 21.6. The lowest BCUT2D eigenvalue weighted by Crippen LogP contribution is -2.48. The molecule has 0 spiro atoms. The van der Waals surface area contributed by atoms with Crippen LogP contribution >= 0.6 is 23.2 Å². The molecule has 1 fully saturated rings. The van der Waals surface area contributed by atoms with Crippen molar-refractivity contribution in [3.05, 3.63) is 69.2 Å². The summed E-state index contributed by atoms with van der Waals surface area (Å²) in [6.07, 6.45) is 2.24. The topological polar surface area (TPSA) is 57.7 Å². The minimum atomic E-state index is -3.55. The highest BCUT2D eigenvalue weighted by atomic mass is 35.5. The van der Waals surface area contributed by atoms with E-state index in [1.165, 1.54) is 15.4 Å². The predicted octanol–water partition coefficient (Wildman–Crippen LogP) is 4.12. The average Bonchev–Trinajstić information content (AvgIpc) is 2.75. The van der Waals surface area contributed by atoms with Gasteiger partial charge in [-0.3, -0.25) is 4.79 Å². The van der Waals surface area contributed by atoms with Crippen LogP contribution in [0.25, 0.3) is 0 Å². The zero-order chi connectivity index (χ0) is 21.3. The van der Waals surface area contributed by atoms with Crippen molar-refractivity contribution >= 4 is 39.1 Å². The SMILES string of the molecule is O=C([C@@H]1CCCN(S(=O)(=O)Cc2ccc(Cl)c(Cl)c2)C1)N1CCc2ccccc2C1. The highest BCUT2D eigenvalue weighted by Gasteiger charge is 2.35. The molecule has 0 radical (unpaired) electrons. The molecule has 0 unspecified atom stereocenters. The van der Waals surface area contributed by atoms with Crippen LogP contribution < -0.4 is 0 Å². The van der Waals surface area contributed by atoms with Gasteiger partial charge in [0, 0.05) is 26.2 Å². The average molecular weight is 467 g/mol. The van der Waals surface area contributed by atoms with E-state index in [4.69, 9.17) is 23.2 Å². The summed E-state index contributed by atoms with van der Waals surface area (Å²) in [5.41, 5.74) is 3.05. The number of halogens is 2. The molecule has 1 saturated heterocycles. The van der Waals surface area contributed by atoms with Crippen molar-refractivity contribution in [1.82, 2.24) is 9.21 Å². The molecule has 1 atom stereocenters. The van der Waals surface area contributed by atoms with Gasteiger partial charge in [0.25, 0.3) is 0 Å². The fourth-order valence-electron chi connectivity index (χ4n) is 4.27. The third-order valence-corrected chi connectivity index (χ3v) is 8.46. The Morgan fingerprint density at radius 2 is 1.80 bits per heavy atom. The van der Waals surface area contributed by atoms with E-state index in [1.807, 2.05) is 17.0 Å². The second-order valence-corrected chi connectivity index (χ2v) is 10.8. The van der Waals surface area contributed by atoms with Gasteiger partial charge in [-0.05, 0) is 48.1 Å². The lowest BCUT2D eigenvalue weighted by molar-refractivity contribution is -0.137. The Hall–Kier alpha value is -1.60. The van der Waals surface area contributed by atoms with Crippen LogP contribution in [0.15, 0.2) is 42.5 Å². The Bertz CT molecular complexity index is 1060. The molecular formula is C22H24Cl2N2O3S. The molecular weight excluding hydrogens is 443 g/mol. The molecule has 0 aliphatic carbocycles. The summed E-state index contributed by atoms with van der Waals surface area (Å²) in [5.74, 6) is -0.395. The molecule has 2 aliphatic heterocycles. The van der Waals surface area contributed by atoms with Crippen LogP contribution in [0.2, 0.25) is 10.0 Å². The highest BCUT2D eigenvalue weighted by Crippen LogP contribution is 2.28. The van der Waals surface area contributed by atoms with Gasteiger partial charge < -0.3 is 4.90 Å². The summed E-state index contributed by atoms with van der Waals surface area (Å²) in [4.78, 5) is 15.0. The molecule has 5 nitrogen and oxygen atoms in total. The first-order chi connectivity index (χ1) is 14.3. The van der Waals surface area contributed by atoms with Gasteiger partial charge in [-0.15, -0.1) is 0 Å². The van der Waals surface area contributed by atoms with E-state index in [1.54, 1.807) is 18.2 Å². The number of hydrogen-bond acceptors (Lipinski definition) is 3. The molecule has 2 heterocycles. The molecule has 2 aromatic rings. The maximum absolute atomic E-state index is 13.1. The molecule has 0 N–H and O–H groups in total. The quantitative estimate of drug-likeness (QED) is 0.680. The highest BCUT2D eigenvalue weighted by molar-refractivity contribution is 7.88. The van der Waals surface area contributed by atoms with Crippen LogP contribution in [0.1, 0.15) is 29.5 Å². The number of rotatable bonds is 4. The van der Waals surface area contributed by atoms with Crippen molar-refractivity contribution in [2.75, 3.05) is 19.6 Å². The second kappa shape index (κ2) is 8.87. The molecule has 1 amide bonds. The first-order valence-electron chi connectivity index (χ1n) is 10.1. The van der Waals surface area contributed by atoms with Gasteiger partial charge in [0.15, 0.2) is 0 Å². The largest absolute Gasteiger partial charge is 0.338 e. The standard InChI is InChI=1S/C22H24Cl2N2O3S/c23-20-8-7-16(12-21(20)24)15-30(28,29)26-10-3-6-19(14-26)22(27)25-11-9-17-4-1-2-5-18(17)13-25/h1-2,4-5,7-8,12,19H,3,6,9-11,13-15H2/t19-/m1/s1. The fraction of sp³-hybridized carbons (Fsp3) is 0.409. The minimum absolute atomic E-state index is 0.0546. The van der Waals surface area contributed by atoms with Gasteiger partial charge in [0.2, 0.25) is 15.9 Å². The third kappa shape index (κ3) is 4.67. The van der Waals surface area contributed by atoms with Crippen LogP contribution in [0, 0.1) is 5.92 Å². The van der Waals surface area contributed by atoms with Crippen molar-refractivity contribution in [3.63, 3.8) is 0 Å². The number of hydrogen-bond donors (Lipinski definition) is 0. The summed E-state index contributed by atoms with van der Waals surface area (Å²) in [5, 5.41) is 0.728. The number of carbonyl (C=O) groups is 1. The zero-order valence-electron chi connectivity index (χ0n) is 16.6. The van der Waals surface area contributed by atoms with E-state index in [9.17, 15) is 13.2 Å². The summed E-state index contributed by atoms with van der Waals surface area (Å²) < 4.78 is 27.4. The van der Waals surface area contributed by atoms with E-state index < -0.39 is 10.0 Å². The summed E-state index contributed by atoms with van der Waals surface area (Å²) in [7, 11) is -3.55. The molecule has 0 aromatic heterocycles. The molecule has 30 heavy (non-hydrogen) atoms. The number of nitrogens with zero attached hydrogens (tertiary/aromatic N) is 2. The summed E-state index contributed by atoms with van der Waals surface area (Å²) in [6, 6.07) is 13.0. The monoisotopic (exact) mass is 466 g/mol. The maximum Gasteiger partial charge on any atom is 0.227 e. The van der Waals surface area contributed by atoms with Crippen LogP contribution in [0.4, 0.5) is 0 Å². The van der Waals surface area contributed by atoms with Crippen molar-refractivity contribution in [2.45, 2.75) is 31.6 Å². The molecule has 160 valence electrons. The smallest absolute Gasteiger partial charge is 0.227 e. The molecule has 4 rings (SSSR count). The number of amides is 1. The van der Waals surface area contributed by atoms with Crippen LogP contribution in [0.5, 0.6) is 0 Å². The van der Waals surface area contributed by atoms with Gasteiger partial charge in [-0.2, -0.15) is 0 Å². The van der Waals surface area contributed by atoms with Crippen LogP contribution in [0.3, 0.4) is 0 Å². The van der Waals surface area contributed by atoms with Gasteiger partial charge in [-0.25, -0.2) is 12.7 Å². The minimum Gasteiger partial charge on any atom is -0.338 e. The van der Waals surface area contributed by atoms with Crippen molar-refractivity contribution in [2.24, 2.45) is 5.92 Å². The Morgan fingerprint density at radius 3 is 2.57 bits per heavy atom. The molecule has 0 bridgehead atoms. The predicted molar refractivity (Wildman–Crippen MR) is 119 cm³/mol. The third-order valence-electron chi connectivity index (χ3n) is 5.90. The first-order valence-corrected chi connectivity index (χ1v) is 12.5. The lowest BCUT2D eigenvalue weighted by atomic mass is 9.95. The molecule has 8 heteroatoms. The van der Waals surface area contributed by atoms with E-state index >= 15 is 0 Å². The zero-order valence-corrected chi connectivity index (χ0v) is 18.9. The van der Waals surface area contributed by atoms with Crippen molar-refractivity contribution in [3.8, 4) is 0 Å². The van der Waals surface area contributed by atoms with Gasteiger partial charge in [-0.1, -0.05) is 53.5 Å². The van der Waals surface area contributed by atoms with Crippen molar-refractivity contribution in [1.29, 1.82) is 0 Å². The number of piperidine rings is 1. The Labute approximate surface area is 187 Å². The molecule has 2 aliphatic rings. The number of carbonyl (C=O) groups excluding carboxylic acids is 1. The summed E-state index contributed by atoms with van der Waals surface area (Å²) >= 11 is 12.0. The molecule has 2 aromatic carbocycles. The van der Waals surface area contributed by atoms with E-state index in [0.717, 1.165) is 12.8 Å². The number of sulfonamides is 1. The number of benzene rings is 2. The number of fused-ring (bicyclic) bond motifs is 1. The maximum atomic E-state index is 13.1. The Balaban J connectivity index is 1.43. The van der Waals surface area contributed by atoms with Crippen molar-refractivity contribution < 1.29 is 13.2 Å². The fourth-order valence-corrected chi connectivity index (χ4v) is 6.19. The Kier molecular flexibility index (Phi) is 6.39. The summed E-state index contributed by atoms with van der Waals surface area (Å²) in [6.45, 7) is 1.96. The van der Waals surface area contributed by atoms with E-state index in [-0.39, 0.29) is 24.1 Å². The van der Waals surface area contributed by atoms with E-state index in [0.29, 0.717) is 41.7 Å². The normalized spacial score (nSPS) is 20.1. The van der Waals surface area contributed by atoms with Gasteiger partial charge in [0.05, 0.1) is 21.7 Å². The van der Waals surface area contributed by atoms with Crippen LogP contribution in [-0.2, 0) is 33.5 Å². The second-order valence-electron chi connectivity index (χ2n) is 7.98. The van der Waals surface area contributed by atoms with E-state index in [2.05, 4.69) is 12.1 Å². The van der Waals surface area contributed by atoms with Gasteiger partial charge in [0.1, 0.15) is 0 Å². The van der Waals surface area contributed by atoms with Gasteiger partial charge >= 0.3 is 0 Å². The Morgan fingerprint density at radius 1 is 1.03 bits per heavy atom. The lowest BCUT2D eigenvalue weighted by Gasteiger charge is -2.36. The molecule has 0 saturated carbocycles.